The van der Waals surface area contributed by atoms with Crippen LogP contribution in [0, 0.1) is 6.92 Å². The van der Waals surface area contributed by atoms with Crippen LogP contribution < -0.4 is 0 Å². The molecule has 0 aliphatic heterocycles. The molecule has 0 aliphatic rings. The quantitative estimate of drug-likeness (QED) is 0.658. The SMILES string of the molecule is Cc1ncc(-c2ccncc2)n1C. The summed E-state index contributed by atoms with van der Waals surface area (Å²) in [4.78, 5) is 8.21. The third kappa shape index (κ3) is 1.33. The summed E-state index contributed by atoms with van der Waals surface area (Å²) in [5.41, 5.74) is 2.28. The van der Waals surface area contributed by atoms with E-state index in [1.54, 1.807) is 12.4 Å². The summed E-state index contributed by atoms with van der Waals surface area (Å²) in [5.74, 6) is 1.02. The molecular formula is C10H11N3. The Morgan fingerprint density at radius 1 is 1.23 bits per heavy atom. The van der Waals surface area contributed by atoms with Crippen LogP contribution in [0.25, 0.3) is 11.3 Å². The molecule has 0 fully saturated rings. The summed E-state index contributed by atoms with van der Waals surface area (Å²) >= 11 is 0. The largest absolute Gasteiger partial charge is 0.331 e. The molecule has 0 aliphatic carbocycles. The van der Waals surface area contributed by atoms with Gasteiger partial charge in [-0.3, -0.25) is 4.98 Å². The zero-order chi connectivity index (χ0) is 9.26. The van der Waals surface area contributed by atoms with Crippen molar-refractivity contribution in [2.45, 2.75) is 6.92 Å². The molecule has 0 spiro atoms. The second kappa shape index (κ2) is 3.01. The van der Waals surface area contributed by atoms with Crippen molar-refractivity contribution < 1.29 is 0 Å². The van der Waals surface area contributed by atoms with Crippen LogP contribution >= 0.6 is 0 Å². The normalized spacial score (nSPS) is 10.3. The molecule has 0 amide bonds. The minimum absolute atomic E-state index is 1.02. The Morgan fingerprint density at radius 3 is 2.46 bits per heavy atom. The number of aryl methyl sites for hydroxylation is 1. The molecule has 2 rings (SSSR count). The highest BCUT2D eigenvalue weighted by Crippen LogP contribution is 2.17. The summed E-state index contributed by atoms with van der Waals surface area (Å²) in [5, 5.41) is 0. The third-order valence-corrected chi connectivity index (χ3v) is 2.20. The molecule has 0 aromatic carbocycles. The van der Waals surface area contributed by atoms with Crippen LogP contribution in [0.5, 0.6) is 0 Å². The van der Waals surface area contributed by atoms with Crippen molar-refractivity contribution in [2.75, 3.05) is 0 Å². The fraction of sp³-hybridized carbons (Fsp3) is 0.200. The van der Waals surface area contributed by atoms with E-state index in [-0.39, 0.29) is 0 Å². The maximum atomic E-state index is 4.24. The van der Waals surface area contributed by atoms with Crippen molar-refractivity contribution in [3.63, 3.8) is 0 Å². The number of hydrogen-bond acceptors (Lipinski definition) is 2. The lowest BCUT2D eigenvalue weighted by atomic mass is 10.2. The number of nitrogens with zero attached hydrogens (tertiary/aromatic N) is 3. The lowest BCUT2D eigenvalue weighted by molar-refractivity contribution is 0.865. The molecule has 0 saturated heterocycles. The highest BCUT2D eigenvalue weighted by Gasteiger charge is 2.03. The Morgan fingerprint density at radius 2 is 1.92 bits per heavy atom. The van der Waals surface area contributed by atoms with Crippen LogP contribution in [-0.2, 0) is 7.05 Å². The molecule has 2 heterocycles. The number of imidazole rings is 1. The van der Waals surface area contributed by atoms with Crippen molar-refractivity contribution >= 4 is 0 Å². The van der Waals surface area contributed by atoms with E-state index in [9.17, 15) is 0 Å². The minimum atomic E-state index is 1.02. The van der Waals surface area contributed by atoms with Gasteiger partial charge in [0.15, 0.2) is 0 Å². The molecule has 3 nitrogen and oxygen atoms in total. The fourth-order valence-electron chi connectivity index (χ4n) is 1.29. The molecule has 2 aromatic heterocycles. The first-order chi connectivity index (χ1) is 6.29. The topological polar surface area (TPSA) is 30.7 Å². The lowest BCUT2D eigenvalue weighted by Crippen LogP contribution is -1.93. The van der Waals surface area contributed by atoms with E-state index in [1.807, 2.05) is 32.3 Å². The molecule has 13 heavy (non-hydrogen) atoms. The number of hydrogen-bond donors (Lipinski definition) is 0. The van der Waals surface area contributed by atoms with Crippen molar-refractivity contribution in [1.29, 1.82) is 0 Å². The zero-order valence-electron chi connectivity index (χ0n) is 7.73. The first-order valence-electron chi connectivity index (χ1n) is 4.18. The van der Waals surface area contributed by atoms with Gasteiger partial charge in [0.2, 0.25) is 0 Å². The summed E-state index contributed by atoms with van der Waals surface area (Å²) in [6, 6.07) is 3.97. The van der Waals surface area contributed by atoms with Gasteiger partial charge in [0.1, 0.15) is 5.82 Å². The average Bonchev–Trinajstić information content (AvgIpc) is 2.49. The Bertz CT molecular complexity index is 403. The molecular weight excluding hydrogens is 162 g/mol. The van der Waals surface area contributed by atoms with Gasteiger partial charge >= 0.3 is 0 Å². The van der Waals surface area contributed by atoms with Crippen molar-refractivity contribution in [3.05, 3.63) is 36.5 Å². The molecule has 0 atom stereocenters. The maximum Gasteiger partial charge on any atom is 0.105 e. The molecule has 0 N–H and O–H groups in total. The standard InChI is InChI=1S/C10H11N3/c1-8-12-7-10(13(8)2)9-3-5-11-6-4-9/h3-7H,1-2H3. The monoisotopic (exact) mass is 173 g/mol. The van der Waals surface area contributed by atoms with Gasteiger partial charge in [-0.1, -0.05) is 0 Å². The summed E-state index contributed by atoms with van der Waals surface area (Å²) < 4.78 is 2.06. The van der Waals surface area contributed by atoms with Crippen molar-refractivity contribution in [3.8, 4) is 11.3 Å². The van der Waals surface area contributed by atoms with Gasteiger partial charge in [-0.25, -0.2) is 4.98 Å². The molecule has 0 saturated carbocycles. The molecule has 2 aromatic rings. The molecule has 66 valence electrons. The van der Waals surface area contributed by atoms with Crippen molar-refractivity contribution in [1.82, 2.24) is 14.5 Å². The molecule has 3 heteroatoms. The van der Waals surface area contributed by atoms with Gasteiger partial charge < -0.3 is 4.57 Å². The first-order valence-corrected chi connectivity index (χ1v) is 4.18. The van der Waals surface area contributed by atoms with E-state index in [1.165, 1.54) is 0 Å². The number of aromatic nitrogens is 3. The Labute approximate surface area is 77.1 Å². The molecule has 0 bridgehead atoms. The summed E-state index contributed by atoms with van der Waals surface area (Å²) in [6.45, 7) is 1.99. The lowest BCUT2D eigenvalue weighted by Gasteiger charge is -2.02. The van der Waals surface area contributed by atoms with Crippen LogP contribution in [0.4, 0.5) is 0 Å². The van der Waals surface area contributed by atoms with Crippen LogP contribution in [-0.4, -0.2) is 14.5 Å². The van der Waals surface area contributed by atoms with Crippen LogP contribution in [0.15, 0.2) is 30.7 Å². The minimum Gasteiger partial charge on any atom is -0.331 e. The van der Waals surface area contributed by atoms with E-state index in [2.05, 4.69) is 14.5 Å². The number of rotatable bonds is 1. The predicted molar refractivity (Wildman–Crippen MR) is 51.2 cm³/mol. The van der Waals surface area contributed by atoms with Gasteiger partial charge in [-0.15, -0.1) is 0 Å². The zero-order valence-corrected chi connectivity index (χ0v) is 7.73. The smallest absolute Gasteiger partial charge is 0.105 e. The van der Waals surface area contributed by atoms with E-state index < -0.39 is 0 Å². The Balaban J connectivity index is 2.53. The summed E-state index contributed by atoms with van der Waals surface area (Å²) in [6.07, 6.45) is 5.46. The Hall–Kier alpha value is -1.64. The van der Waals surface area contributed by atoms with Crippen molar-refractivity contribution in [2.24, 2.45) is 7.05 Å². The van der Waals surface area contributed by atoms with E-state index >= 15 is 0 Å². The fourth-order valence-corrected chi connectivity index (χ4v) is 1.29. The van der Waals surface area contributed by atoms with Gasteiger partial charge in [0.05, 0.1) is 11.9 Å². The van der Waals surface area contributed by atoms with E-state index in [4.69, 9.17) is 0 Å². The molecule has 0 unspecified atom stereocenters. The first kappa shape index (κ1) is 7.98. The maximum absolute atomic E-state index is 4.24. The van der Waals surface area contributed by atoms with E-state index in [0.717, 1.165) is 17.1 Å². The van der Waals surface area contributed by atoms with Gasteiger partial charge in [0, 0.05) is 25.0 Å². The van der Waals surface area contributed by atoms with Crippen LogP contribution in [0.1, 0.15) is 5.82 Å². The highest BCUT2D eigenvalue weighted by molar-refractivity contribution is 5.58. The molecule has 0 radical (unpaired) electrons. The second-order valence-corrected chi connectivity index (χ2v) is 2.99. The Kier molecular flexibility index (Phi) is 1.85. The van der Waals surface area contributed by atoms with E-state index in [0.29, 0.717) is 0 Å². The second-order valence-electron chi connectivity index (χ2n) is 2.99. The predicted octanol–water partition coefficient (Wildman–Crippen LogP) is 1.79. The van der Waals surface area contributed by atoms with Gasteiger partial charge in [-0.05, 0) is 19.1 Å². The number of pyridine rings is 1. The summed E-state index contributed by atoms with van der Waals surface area (Å²) in [7, 11) is 2.01. The highest BCUT2D eigenvalue weighted by atomic mass is 15.0. The van der Waals surface area contributed by atoms with Gasteiger partial charge in [-0.2, -0.15) is 0 Å². The van der Waals surface area contributed by atoms with Crippen LogP contribution in [0.2, 0.25) is 0 Å². The average molecular weight is 173 g/mol. The third-order valence-electron chi connectivity index (χ3n) is 2.20. The van der Waals surface area contributed by atoms with Gasteiger partial charge in [0.25, 0.3) is 0 Å². The van der Waals surface area contributed by atoms with Crippen LogP contribution in [0.3, 0.4) is 0 Å².